The molecule has 38 heavy (non-hydrogen) atoms. The highest BCUT2D eigenvalue weighted by molar-refractivity contribution is 5.64. The van der Waals surface area contributed by atoms with Crippen LogP contribution in [0.1, 0.15) is 24.8 Å². The van der Waals surface area contributed by atoms with E-state index in [-0.39, 0.29) is 0 Å². The van der Waals surface area contributed by atoms with E-state index in [0.717, 1.165) is 92.7 Å². The van der Waals surface area contributed by atoms with Gasteiger partial charge in [0.1, 0.15) is 11.6 Å². The lowest BCUT2D eigenvalue weighted by Gasteiger charge is -2.33. The molecule has 0 saturated carbocycles. The molecule has 2 aromatic heterocycles. The zero-order valence-corrected chi connectivity index (χ0v) is 22.6. The van der Waals surface area contributed by atoms with Gasteiger partial charge in [-0.1, -0.05) is 0 Å². The Balaban J connectivity index is 1.44. The summed E-state index contributed by atoms with van der Waals surface area (Å²) < 4.78 is 5.68. The quantitative estimate of drug-likeness (QED) is 0.483. The highest BCUT2D eigenvalue weighted by atomic mass is 16.7. The van der Waals surface area contributed by atoms with Gasteiger partial charge in [0.2, 0.25) is 5.95 Å². The second kappa shape index (κ2) is 12.0. The summed E-state index contributed by atoms with van der Waals surface area (Å²) in [6.07, 6.45) is 6.79. The van der Waals surface area contributed by atoms with Crippen molar-refractivity contribution < 1.29 is 9.57 Å². The van der Waals surface area contributed by atoms with Crippen LogP contribution in [0.4, 0.5) is 17.5 Å². The number of rotatable bonds is 1. The van der Waals surface area contributed by atoms with Crippen molar-refractivity contribution in [2.24, 2.45) is 11.8 Å². The molecule has 7 heterocycles. The summed E-state index contributed by atoms with van der Waals surface area (Å²) in [4.78, 5) is 24.6. The van der Waals surface area contributed by atoms with Gasteiger partial charge in [0, 0.05) is 57.3 Å². The minimum Gasteiger partial charge on any atom is -0.496 e. The van der Waals surface area contributed by atoms with Crippen molar-refractivity contribution >= 4 is 17.5 Å². The van der Waals surface area contributed by atoms with Crippen molar-refractivity contribution in [3.63, 3.8) is 0 Å². The molecule has 202 valence electrons. The normalized spacial score (nSPS) is 21.5. The predicted octanol–water partition coefficient (Wildman–Crippen LogP) is 3.47. The van der Waals surface area contributed by atoms with Gasteiger partial charge in [0.05, 0.1) is 25.1 Å². The number of hydrazine groups is 1. The fourth-order valence-corrected chi connectivity index (χ4v) is 5.04. The van der Waals surface area contributed by atoms with E-state index in [0.29, 0.717) is 11.9 Å². The molecule has 0 radical (unpaired) electrons. The predicted molar refractivity (Wildman–Crippen MR) is 149 cm³/mol. The average Bonchev–Trinajstić information content (AvgIpc) is 2.96. The van der Waals surface area contributed by atoms with E-state index >= 15 is 0 Å². The molecule has 1 aromatic carbocycles. The summed E-state index contributed by atoms with van der Waals surface area (Å²) in [6, 6.07) is 11.9. The number of methoxy groups -OCH3 is 1. The lowest BCUT2D eigenvalue weighted by atomic mass is 9.97. The van der Waals surface area contributed by atoms with Crippen molar-refractivity contribution in [3.8, 4) is 17.0 Å². The smallest absolute Gasteiger partial charge is 0.245 e. The summed E-state index contributed by atoms with van der Waals surface area (Å²) in [5.74, 6) is 9.30. The summed E-state index contributed by atoms with van der Waals surface area (Å²) in [6.45, 7) is 5.37. The van der Waals surface area contributed by atoms with Crippen molar-refractivity contribution in [2.45, 2.75) is 25.8 Å². The van der Waals surface area contributed by atoms with Crippen LogP contribution in [0.2, 0.25) is 0 Å². The van der Waals surface area contributed by atoms with Crippen molar-refractivity contribution in [2.75, 3.05) is 63.9 Å². The number of hydroxylamine groups is 2. The van der Waals surface area contributed by atoms with Crippen LogP contribution in [0, 0.1) is 5.92 Å². The molecule has 8 rings (SSSR count). The van der Waals surface area contributed by atoms with Crippen LogP contribution in [0.3, 0.4) is 0 Å². The fourth-order valence-electron chi connectivity index (χ4n) is 5.04. The molecule has 1 saturated heterocycles. The first-order valence-corrected chi connectivity index (χ1v) is 13.3. The Hall–Kier alpha value is -3.31. The SMILES string of the molecule is COc1ccc2cc1CN1CCC(CC1)CON(C)CCCN(C)c1ccc(cn1)-c1ccnc(n1)N2N. The number of ether oxygens (including phenoxy) is 1. The van der Waals surface area contributed by atoms with E-state index in [1.807, 2.05) is 48.6 Å². The molecule has 10 nitrogen and oxygen atoms in total. The highest BCUT2D eigenvalue weighted by Crippen LogP contribution is 2.30. The number of nitrogens with two attached hydrogens (primary N) is 1. The summed E-state index contributed by atoms with van der Waals surface area (Å²) in [5.41, 5.74) is 3.57. The molecule has 2 N–H and O–H groups in total. The highest BCUT2D eigenvalue weighted by Gasteiger charge is 2.22. The van der Waals surface area contributed by atoms with Gasteiger partial charge in [-0.15, -0.1) is 0 Å². The summed E-state index contributed by atoms with van der Waals surface area (Å²) in [5, 5.41) is 3.51. The monoisotopic (exact) mass is 518 g/mol. The molecule has 0 amide bonds. The van der Waals surface area contributed by atoms with E-state index < -0.39 is 0 Å². The maximum absolute atomic E-state index is 6.54. The number of anilines is 3. The molecule has 10 heteroatoms. The Labute approximate surface area is 224 Å². The minimum atomic E-state index is 0.420. The molecule has 1 fully saturated rings. The van der Waals surface area contributed by atoms with E-state index in [1.54, 1.807) is 13.3 Å². The molecule has 0 spiro atoms. The van der Waals surface area contributed by atoms with E-state index in [9.17, 15) is 0 Å². The number of pyridine rings is 1. The first-order chi connectivity index (χ1) is 18.5. The lowest BCUT2D eigenvalue weighted by Crippen LogP contribution is -2.36. The molecule has 0 atom stereocenters. The maximum Gasteiger partial charge on any atom is 0.245 e. The Morgan fingerprint density at radius 2 is 1.84 bits per heavy atom. The Morgan fingerprint density at radius 3 is 2.61 bits per heavy atom. The topological polar surface area (TPSA) is 96.1 Å². The van der Waals surface area contributed by atoms with Crippen LogP contribution in [0.15, 0.2) is 48.8 Å². The van der Waals surface area contributed by atoms with Crippen molar-refractivity contribution in [1.29, 1.82) is 0 Å². The Bertz CT molecular complexity index is 1200. The van der Waals surface area contributed by atoms with E-state index in [2.05, 4.69) is 32.9 Å². The number of nitrogens with zero attached hydrogens (tertiary/aromatic N) is 7. The van der Waals surface area contributed by atoms with Gasteiger partial charge in [0.25, 0.3) is 0 Å². The van der Waals surface area contributed by atoms with Crippen LogP contribution in [0.25, 0.3) is 11.3 Å². The van der Waals surface area contributed by atoms with Crippen molar-refractivity contribution in [1.82, 2.24) is 24.9 Å². The molecule has 0 aliphatic carbocycles. The third-order valence-electron chi connectivity index (χ3n) is 7.43. The van der Waals surface area contributed by atoms with Crippen LogP contribution in [-0.2, 0) is 11.4 Å². The molecule has 5 aliphatic heterocycles. The first kappa shape index (κ1) is 26.3. The second-order valence-corrected chi connectivity index (χ2v) is 10.2. The maximum atomic E-state index is 6.54. The van der Waals surface area contributed by atoms with Gasteiger partial charge in [-0.3, -0.25) is 9.74 Å². The first-order valence-electron chi connectivity index (χ1n) is 13.3. The largest absolute Gasteiger partial charge is 0.496 e. The minimum absolute atomic E-state index is 0.420. The van der Waals surface area contributed by atoms with Crippen LogP contribution in [-0.4, -0.2) is 78.9 Å². The number of hydrogen-bond acceptors (Lipinski definition) is 10. The third kappa shape index (κ3) is 6.21. The number of hydrogen-bond donors (Lipinski definition) is 1. The molecular weight excluding hydrogens is 480 g/mol. The zero-order chi connectivity index (χ0) is 26.5. The Morgan fingerprint density at radius 1 is 1.00 bits per heavy atom. The number of piperidine rings is 1. The number of aromatic nitrogens is 3. The van der Waals surface area contributed by atoms with Crippen LogP contribution < -0.4 is 20.5 Å². The average molecular weight is 519 g/mol. The lowest BCUT2D eigenvalue weighted by molar-refractivity contribution is -0.155. The van der Waals surface area contributed by atoms with Gasteiger partial charge in [-0.05, 0) is 74.7 Å². The summed E-state index contributed by atoms with van der Waals surface area (Å²) >= 11 is 0. The number of benzene rings is 1. The van der Waals surface area contributed by atoms with Crippen LogP contribution in [0.5, 0.6) is 5.75 Å². The Kier molecular flexibility index (Phi) is 8.33. The van der Waals surface area contributed by atoms with Crippen LogP contribution >= 0.6 is 0 Å². The van der Waals surface area contributed by atoms with E-state index in [1.165, 1.54) is 5.01 Å². The molecule has 0 unspecified atom stereocenters. The third-order valence-corrected chi connectivity index (χ3v) is 7.43. The summed E-state index contributed by atoms with van der Waals surface area (Å²) in [7, 11) is 5.80. The van der Waals surface area contributed by atoms with Gasteiger partial charge >= 0.3 is 0 Å². The fraction of sp³-hybridized carbons (Fsp3) is 0.464. The van der Waals surface area contributed by atoms with Crippen molar-refractivity contribution in [3.05, 3.63) is 54.4 Å². The van der Waals surface area contributed by atoms with E-state index in [4.69, 9.17) is 20.4 Å². The van der Waals surface area contributed by atoms with Gasteiger partial charge in [0.15, 0.2) is 0 Å². The molecule has 5 aliphatic rings. The standard InChI is InChI=1S/C28H38N8O2/c1-33-13-4-14-34(2)38-20-21-10-15-35(16-11-21)19-23-17-24(6-7-26(23)37-3)36(29)28-30-12-9-25(32-28)22-5-8-27(33)31-18-22/h5-9,12,17-18,21H,4,10-11,13-16,19-20,29H2,1-3H3. The second-order valence-electron chi connectivity index (χ2n) is 10.2. The molecule has 8 bridgehead atoms. The zero-order valence-electron chi connectivity index (χ0n) is 22.6. The van der Waals surface area contributed by atoms with Gasteiger partial charge in [-0.25, -0.2) is 25.8 Å². The van der Waals surface area contributed by atoms with Gasteiger partial charge in [-0.2, -0.15) is 5.06 Å². The molecule has 3 aromatic rings. The molecular formula is C28H38N8O2. The van der Waals surface area contributed by atoms with Gasteiger partial charge < -0.3 is 9.64 Å².